The Balaban J connectivity index is 1.68. The molecule has 1 aromatic rings. The number of ether oxygens (including phenoxy) is 1. The van der Waals surface area contributed by atoms with Gasteiger partial charge in [-0.25, -0.2) is 8.42 Å². The molecule has 1 aromatic carbocycles. The fourth-order valence-corrected chi connectivity index (χ4v) is 4.69. The van der Waals surface area contributed by atoms with Gasteiger partial charge in [0, 0.05) is 11.0 Å². The number of amides is 3. The van der Waals surface area contributed by atoms with Crippen molar-refractivity contribution in [2.75, 3.05) is 19.4 Å². The summed E-state index contributed by atoms with van der Waals surface area (Å²) in [6.07, 6.45) is 2.90. The molecule has 27 heavy (non-hydrogen) atoms. The Labute approximate surface area is 160 Å². The van der Waals surface area contributed by atoms with Gasteiger partial charge in [-0.15, -0.1) is 0 Å². The lowest BCUT2D eigenvalue weighted by Gasteiger charge is -2.14. The predicted molar refractivity (Wildman–Crippen MR) is 101 cm³/mol. The van der Waals surface area contributed by atoms with Gasteiger partial charge >= 0.3 is 0 Å². The first-order valence-electron chi connectivity index (χ1n) is 7.88. The van der Waals surface area contributed by atoms with Crippen LogP contribution in [-0.4, -0.2) is 55.8 Å². The molecule has 1 saturated heterocycles. The van der Waals surface area contributed by atoms with Gasteiger partial charge in [-0.2, -0.15) is 0 Å². The number of carbonyl (C=O) groups is 3. The molecule has 1 atom stereocenters. The number of hydrogen-bond acceptors (Lipinski definition) is 7. The van der Waals surface area contributed by atoms with Crippen molar-refractivity contribution in [3.63, 3.8) is 0 Å². The second-order valence-electron chi connectivity index (χ2n) is 5.84. The smallest absolute Gasteiger partial charge is 0.294 e. The van der Waals surface area contributed by atoms with Gasteiger partial charge in [-0.3, -0.25) is 19.3 Å². The van der Waals surface area contributed by atoms with E-state index in [-0.39, 0.29) is 10.7 Å². The Kier molecular flexibility index (Phi) is 5.38. The number of nitrogens with one attached hydrogen (secondary N) is 1. The summed E-state index contributed by atoms with van der Waals surface area (Å²) in [6.45, 7) is -0.474. The van der Waals surface area contributed by atoms with E-state index in [0.717, 1.165) is 22.1 Å². The van der Waals surface area contributed by atoms with E-state index in [1.807, 2.05) is 0 Å². The molecule has 3 amide bonds. The molecule has 0 bridgehead atoms. The van der Waals surface area contributed by atoms with Crippen molar-refractivity contribution in [1.29, 1.82) is 0 Å². The van der Waals surface area contributed by atoms with Crippen LogP contribution in [0.4, 0.5) is 4.79 Å². The zero-order valence-electron chi connectivity index (χ0n) is 14.2. The zero-order valence-corrected chi connectivity index (χ0v) is 15.9. The van der Waals surface area contributed by atoms with Crippen molar-refractivity contribution in [1.82, 2.24) is 10.2 Å². The summed E-state index contributed by atoms with van der Waals surface area (Å²) in [7, 11) is -1.81. The van der Waals surface area contributed by atoms with Crippen LogP contribution in [0.15, 0.2) is 40.7 Å². The first-order chi connectivity index (χ1) is 12.8. The molecule has 8 nitrogen and oxygen atoms in total. The zero-order chi connectivity index (χ0) is 19.6. The summed E-state index contributed by atoms with van der Waals surface area (Å²) in [5.41, 5.74) is 0.635. The highest BCUT2D eigenvalue weighted by Crippen LogP contribution is 2.33. The SMILES string of the molecule is COc1ccccc1/C=C1/SC(=O)N(CC(=O)N[C@H]2C=CS(=O)(=O)C2)C1=O. The number of carbonyl (C=O) groups excluding carboxylic acids is 3. The minimum Gasteiger partial charge on any atom is -0.496 e. The summed E-state index contributed by atoms with van der Waals surface area (Å²) in [5, 5.41) is 2.96. The van der Waals surface area contributed by atoms with Crippen LogP contribution in [0.5, 0.6) is 5.75 Å². The number of imide groups is 1. The Hall–Kier alpha value is -2.59. The Morgan fingerprint density at radius 3 is 2.78 bits per heavy atom. The molecule has 1 N–H and O–H groups in total. The van der Waals surface area contributed by atoms with Crippen molar-refractivity contribution >= 4 is 44.7 Å². The number of methoxy groups -OCH3 is 1. The van der Waals surface area contributed by atoms with E-state index >= 15 is 0 Å². The molecule has 2 heterocycles. The number of thioether (sulfide) groups is 1. The molecule has 0 radical (unpaired) electrons. The van der Waals surface area contributed by atoms with E-state index < -0.39 is 39.5 Å². The van der Waals surface area contributed by atoms with Crippen LogP contribution in [0.2, 0.25) is 0 Å². The van der Waals surface area contributed by atoms with Gasteiger partial charge < -0.3 is 10.1 Å². The van der Waals surface area contributed by atoms with Crippen molar-refractivity contribution in [2.45, 2.75) is 6.04 Å². The molecule has 0 aliphatic carbocycles. The third kappa shape index (κ3) is 4.40. The highest BCUT2D eigenvalue weighted by Gasteiger charge is 2.37. The Morgan fingerprint density at radius 1 is 1.37 bits per heavy atom. The van der Waals surface area contributed by atoms with Crippen LogP contribution in [0.25, 0.3) is 6.08 Å². The monoisotopic (exact) mass is 408 g/mol. The Morgan fingerprint density at radius 2 is 2.11 bits per heavy atom. The Bertz CT molecular complexity index is 967. The van der Waals surface area contributed by atoms with Crippen LogP contribution < -0.4 is 10.1 Å². The molecule has 1 fully saturated rings. The minimum absolute atomic E-state index is 0.181. The molecule has 0 saturated carbocycles. The molecule has 2 aliphatic heterocycles. The highest BCUT2D eigenvalue weighted by atomic mass is 32.2. The summed E-state index contributed by atoms with van der Waals surface area (Å²) in [6, 6.07) is 6.37. The summed E-state index contributed by atoms with van der Waals surface area (Å²) in [5.74, 6) is -0.867. The van der Waals surface area contributed by atoms with E-state index in [1.54, 1.807) is 24.3 Å². The fraction of sp³-hybridized carbons (Fsp3) is 0.235. The van der Waals surface area contributed by atoms with Crippen LogP contribution in [0.1, 0.15) is 5.56 Å². The third-order valence-electron chi connectivity index (χ3n) is 3.88. The number of nitrogens with zero attached hydrogens (tertiary/aromatic N) is 1. The maximum absolute atomic E-state index is 12.5. The molecular weight excluding hydrogens is 392 g/mol. The number of sulfone groups is 1. The molecule has 0 unspecified atom stereocenters. The maximum atomic E-state index is 12.5. The minimum atomic E-state index is -3.31. The molecule has 3 rings (SSSR count). The average Bonchev–Trinajstić information content (AvgIpc) is 3.08. The first kappa shape index (κ1) is 19.2. The van der Waals surface area contributed by atoms with E-state index in [4.69, 9.17) is 4.74 Å². The predicted octanol–water partition coefficient (Wildman–Crippen LogP) is 1.16. The average molecular weight is 408 g/mol. The van der Waals surface area contributed by atoms with Crippen molar-refractivity contribution in [3.8, 4) is 5.75 Å². The van der Waals surface area contributed by atoms with Crippen LogP contribution in [-0.2, 0) is 19.4 Å². The van der Waals surface area contributed by atoms with Crippen LogP contribution in [0.3, 0.4) is 0 Å². The lowest BCUT2D eigenvalue weighted by molar-refractivity contribution is -0.129. The van der Waals surface area contributed by atoms with Gasteiger partial charge in [0.2, 0.25) is 5.91 Å². The van der Waals surface area contributed by atoms with Gasteiger partial charge in [0.05, 0.1) is 23.8 Å². The normalized spacial score (nSPS) is 22.5. The van der Waals surface area contributed by atoms with E-state index in [1.165, 1.54) is 19.3 Å². The summed E-state index contributed by atoms with van der Waals surface area (Å²) in [4.78, 5) is 37.7. The largest absolute Gasteiger partial charge is 0.496 e. The molecule has 2 aliphatic rings. The van der Waals surface area contributed by atoms with Gasteiger partial charge in [0.15, 0.2) is 9.84 Å². The number of hydrogen-bond donors (Lipinski definition) is 1. The third-order valence-corrected chi connectivity index (χ3v) is 6.18. The first-order valence-corrected chi connectivity index (χ1v) is 10.4. The molecular formula is C17H16N2O6S2. The van der Waals surface area contributed by atoms with Crippen molar-refractivity contribution < 1.29 is 27.5 Å². The highest BCUT2D eigenvalue weighted by molar-refractivity contribution is 8.18. The fourth-order valence-electron chi connectivity index (χ4n) is 2.62. The molecule has 0 aromatic heterocycles. The van der Waals surface area contributed by atoms with Crippen molar-refractivity contribution in [2.24, 2.45) is 0 Å². The van der Waals surface area contributed by atoms with E-state index in [0.29, 0.717) is 11.3 Å². The molecule has 10 heteroatoms. The van der Waals surface area contributed by atoms with Crippen LogP contribution >= 0.6 is 11.8 Å². The van der Waals surface area contributed by atoms with Crippen LogP contribution in [0, 0.1) is 0 Å². The standard InChI is InChI=1S/C17H16N2O6S2/c1-25-13-5-3-2-4-11(13)8-14-16(21)19(17(22)26-14)9-15(20)18-12-6-7-27(23,24)10-12/h2-8,12H,9-10H2,1H3,(H,18,20)/b14-8+/t12-/m0/s1. The second-order valence-corrected chi connectivity index (χ2v) is 8.77. The van der Waals surface area contributed by atoms with Gasteiger partial charge in [-0.1, -0.05) is 18.2 Å². The number of rotatable bonds is 5. The topological polar surface area (TPSA) is 110 Å². The van der Waals surface area contributed by atoms with Crippen molar-refractivity contribution in [3.05, 3.63) is 46.2 Å². The van der Waals surface area contributed by atoms with Gasteiger partial charge in [0.1, 0.15) is 12.3 Å². The van der Waals surface area contributed by atoms with Gasteiger partial charge in [0.25, 0.3) is 11.1 Å². The van der Waals surface area contributed by atoms with Gasteiger partial charge in [-0.05, 0) is 30.0 Å². The molecule has 0 spiro atoms. The summed E-state index contributed by atoms with van der Waals surface area (Å²) >= 11 is 0.733. The van der Waals surface area contributed by atoms with E-state index in [9.17, 15) is 22.8 Å². The summed E-state index contributed by atoms with van der Waals surface area (Å²) < 4.78 is 27.9. The lowest BCUT2D eigenvalue weighted by atomic mass is 10.2. The lowest BCUT2D eigenvalue weighted by Crippen LogP contribution is -2.43. The molecule has 142 valence electrons. The number of para-hydroxylation sites is 1. The van der Waals surface area contributed by atoms with E-state index in [2.05, 4.69) is 5.32 Å². The maximum Gasteiger partial charge on any atom is 0.294 e. The number of benzene rings is 1. The second kappa shape index (κ2) is 7.57. The quantitative estimate of drug-likeness (QED) is 0.728.